The number of nitrogens with zero attached hydrogens (tertiary/aromatic N) is 3. The van der Waals surface area contributed by atoms with Gasteiger partial charge in [0.2, 0.25) is 0 Å². The van der Waals surface area contributed by atoms with E-state index in [4.69, 9.17) is 17.1 Å². The SMILES string of the molecule is [N-]=[N+]=NC(c1cccc(Cl)c1)C1(O)CC=CCC1. The number of halogens is 1. The lowest BCUT2D eigenvalue weighted by molar-refractivity contribution is 0.00513. The van der Waals surface area contributed by atoms with Crippen LogP contribution in [0, 0.1) is 0 Å². The summed E-state index contributed by atoms with van der Waals surface area (Å²) in [6.07, 6.45) is 5.81. The van der Waals surface area contributed by atoms with Gasteiger partial charge in [-0.2, -0.15) is 0 Å². The third kappa shape index (κ3) is 2.67. The van der Waals surface area contributed by atoms with Crippen molar-refractivity contribution in [2.45, 2.75) is 30.9 Å². The summed E-state index contributed by atoms with van der Waals surface area (Å²) in [6, 6.07) is 6.49. The molecule has 1 aliphatic carbocycles. The zero-order chi connectivity index (χ0) is 13.0. The smallest absolute Gasteiger partial charge is 0.0916 e. The Morgan fingerprint density at radius 1 is 1.44 bits per heavy atom. The van der Waals surface area contributed by atoms with Crippen LogP contribution < -0.4 is 0 Å². The Kier molecular flexibility index (Phi) is 3.92. The van der Waals surface area contributed by atoms with E-state index < -0.39 is 11.6 Å². The van der Waals surface area contributed by atoms with Crippen molar-refractivity contribution in [1.29, 1.82) is 0 Å². The molecule has 1 aromatic carbocycles. The van der Waals surface area contributed by atoms with E-state index in [2.05, 4.69) is 10.0 Å². The lowest BCUT2D eigenvalue weighted by atomic mass is 9.80. The van der Waals surface area contributed by atoms with Crippen molar-refractivity contribution in [1.82, 2.24) is 0 Å². The van der Waals surface area contributed by atoms with Gasteiger partial charge < -0.3 is 5.11 Å². The van der Waals surface area contributed by atoms with E-state index in [1.54, 1.807) is 18.2 Å². The average Bonchev–Trinajstić information content (AvgIpc) is 2.36. The summed E-state index contributed by atoms with van der Waals surface area (Å²) < 4.78 is 0. The van der Waals surface area contributed by atoms with Crippen molar-refractivity contribution >= 4 is 11.6 Å². The molecule has 5 heteroatoms. The summed E-state index contributed by atoms with van der Waals surface area (Å²) in [6.45, 7) is 0. The predicted molar refractivity (Wildman–Crippen MR) is 71.3 cm³/mol. The quantitative estimate of drug-likeness (QED) is 0.378. The van der Waals surface area contributed by atoms with Crippen LogP contribution in [0.4, 0.5) is 0 Å². The molecule has 0 saturated carbocycles. The first-order valence-electron chi connectivity index (χ1n) is 5.83. The van der Waals surface area contributed by atoms with Crippen LogP contribution in [0.2, 0.25) is 5.02 Å². The molecule has 0 saturated heterocycles. The summed E-state index contributed by atoms with van der Waals surface area (Å²) in [7, 11) is 0. The van der Waals surface area contributed by atoms with E-state index in [0.717, 1.165) is 12.0 Å². The molecule has 0 heterocycles. The van der Waals surface area contributed by atoms with Crippen molar-refractivity contribution in [3.8, 4) is 0 Å². The van der Waals surface area contributed by atoms with Gasteiger partial charge >= 0.3 is 0 Å². The standard InChI is InChI=1S/C13H14ClN3O/c14-11-6-4-5-10(9-11)12(16-17-15)13(18)7-2-1-3-8-13/h1-2,4-6,9,12,18H,3,7-8H2. The van der Waals surface area contributed by atoms with Gasteiger partial charge in [0.15, 0.2) is 0 Å². The highest BCUT2D eigenvalue weighted by atomic mass is 35.5. The fourth-order valence-electron chi connectivity index (χ4n) is 2.30. The van der Waals surface area contributed by atoms with Crippen LogP contribution in [-0.4, -0.2) is 10.7 Å². The molecule has 2 rings (SSSR count). The Hall–Kier alpha value is -1.48. The number of aliphatic hydroxyl groups is 1. The van der Waals surface area contributed by atoms with Crippen LogP contribution in [0.15, 0.2) is 41.5 Å². The van der Waals surface area contributed by atoms with Crippen LogP contribution >= 0.6 is 11.6 Å². The van der Waals surface area contributed by atoms with Gasteiger partial charge in [-0.15, -0.1) is 0 Å². The number of benzene rings is 1. The average molecular weight is 264 g/mol. The normalized spacial score (nSPS) is 24.3. The number of hydrogen-bond donors (Lipinski definition) is 1. The highest BCUT2D eigenvalue weighted by Crippen LogP contribution is 2.39. The van der Waals surface area contributed by atoms with E-state index in [0.29, 0.717) is 17.9 Å². The third-order valence-electron chi connectivity index (χ3n) is 3.22. The Morgan fingerprint density at radius 3 is 2.89 bits per heavy atom. The Morgan fingerprint density at radius 2 is 2.28 bits per heavy atom. The molecule has 1 N–H and O–H groups in total. The van der Waals surface area contributed by atoms with E-state index >= 15 is 0 Å². The lowest BCUT2D eigenvalue weighted by Crippen LogP contribution is -2.36. The van der Waals surface area contributed by atoms with Gasteiger partial charge in [-0.05, 0) is 42.5 Å². The van der Waals surface area contributed by atoms with Gasteiger partial charge in [-0.25, -0.2) is 0 Å². The molecule has 0 radical (unpaired) electrons. The summed E-state index contributed by atoms with van der Waals surface area (Å²) in [5, 5.41) is 15.0. The number of azide groups is 1. The van der Waals surface area contributed by atoms with Crippen molar-refractivity contribution in [3.63, 3.8) is 0 Å². The second-order valence-corrected chi connectivity index (χ2v) is 4.92. The first-order chi connectivity index (χ1) is 8.65. The minimum atomic E-state index is -1.02. The van der Waals surface area contributed by atoms with Crippen molar-refractivity contribution in [2.24, 2.45) is 5.11 Å². The molecular weight excluding hydrogens is 250 g/mol. The minimum Gasteiger partial charge on any atom is -0.389 e. The Balaban J connectivity index is 2.39. The van der Waals surface area contributed by atoms with Gasteiger partial charge in [0.1, 0.15) is 0 Å². The Labute approximate surface area is 111 Å². The maximum absolute atomic E-state index is 10.6. The topological polar surface area (TPSA) is 69.0 Å². The zero-order valence-corrected chi connectivity index (χ0v) is 10.6. The zero-order valence-electron chi connectivity index (χ0n) is 9.83. The number of rotatable bonds is 3. The van der Waals surface area contributed by atoms with Crippen LogP contribution in [0.25, 0.3) is 10.4 Å². The molecule has 2 atom stereocenters. The van der Waals surface area contributed by atoms with Crippen molar-refractivity contribution in [3.05, 3.63) is 57.4 Å². The fraction of sp³-hybridized carbons (Fsp3) is 0.385. The third-order valence-corrected chi connectivity index (χ3v) is 3.46. The van der Waals surface area contributed by atoms with Gasteiger partial charge in [0.25, 0.3) is 0 Å². The maximum Gasteiger partial charge on any atom is 0.0916 e. The molecular formula is C13H14ClN3O. The molecule has 1 aromatic rings. The van der Waals surface area contributed by atoms with Crippen LogP contribution in [0.3, 0.4) is 0 Å². The fourth-order valence-corrected chi connectivity index (χ4v) is 2.50. The van der Waals surface area contributed by atoms with Gasteiger partial charge in [-0.1, -0.05) is 41.0 Å². The summed E-state index contributed by atoms with van der Waals surface area (Å²) in [5.74, 6) is 0. The van der Waals surface area contributed by atoms with E-state index in [-0.39, 0.29) is 0 Å². The molecule has 4 nitrogen and oxygen atoms in total. The monoisotopic (exact) mass is 263 g/mol. The Bertz CT molecular complexity index is 511. The highest BCUT2D eigenvalue weighted by molar-refractivity contribution is 6.30. The van der Waals surface area contributed by atoms with Crippen molar-refractivity contribution in [2.75, 3.05) is 0 Å². The number of allylic oxidation sites excluding steroid dienone is 1. The first kappa shape index (κ1) is 13.0. The van der Waals surface area contributed by atoms with Crippen LogP contribution in [0.5, 0.6) is 0 Å². The second kappa shape index (κ2) is 5.44. The van der Waals surface area contributed by atoms with Crippen LogP contribution in [-0.2, 0) is 0 Å². The molecule has 0 amide bonds. The maximum atomic E-state index is 10.6. The first-order valence-corrected chi connectivity index (χ1v) is 6.20. The molecule has 94 valence electrons. The predicted octanol–water partition coefficient (Wildman–Crippen LogP) is 4.16. The van der Waals surface area contributed by atoms with E-state index in [1.807, 2.05) is 18.2 Å². The van der Waals surface area contributed by atoms with E-state index in [1.165, 1.54) is 0 Å². The molecule has 0 aromatic heterocycles. The molecule has 0 fully saturated rings. The van der Waals surface area contributed by atoms with Crippen LogP contribution in [0.1, 0.15) is 30.9 Å². The largest absolute Gasteiger partial charge is 0.389 e. The summed E-state index contributed by atoms with van der Waals surface area (Å²) in [5.41, 5.74) is 8.43. The molecule has 18 heavy (non-hydrogen) atoms. The van der Waals surface area contributed by atoms with Gasteiger partial charge in [-0.3, -0.25) is 0 Å². The number of hydrogen-bond acceptors (Lipinski definition) is 2. The molecule has 1 aliphatic rings. The lowest BCUT2D eigenvalue weighted by Gasteiger charge is -2.35. The highest BCUT2D eigenvalue weighted by Gasteiger charge is 2.36. The van der Waals surface area contributed by atoms with E-state index in [9.17, 15) is 5.11 Å². The summed E-state index contributed by atoms with van der Waals surface area (Å²) in [4.78, 5) is 2.86. The second-order valence-electron chi connectivity index (χ2n) is 4.48. The van der Waals surface area contributed by atoms with Crippen molar-refractivity contribution < 1.29 is 5.11 Å². The summed E-state index contributed by atoms with van der Waals surface area (Å²) >= 11 is 5.94. The molecule has 0 bridgehead atoms. The molecule has 0 aliphatic heterocycles. The molecule has 2 unspecified atom stereocenters. The van der Waals surface area contributed by atoms with Gasteiger partial charge in [0.05, 0.1) is 11.6 Å². The molecule has 0 spiro atoms. The van der Waals surface area contributed by atoms with Gasteiger partial charge in [0, 0.05) is 9.93 Å². The minimum absolute atomic E-state index is 0.489.